The molecule has 5 heteroatoms. The van der Waals surface area contributed by atoms with Gasteiger partial charge in [-0.2, -0.15) is 0 Å². The number of esters is 1. The van der Waals surface area contributed by atoms with E-state index in [2.05, 4.69) is 5.32 Å². The number of rotatable bonds is 7. The zero-order valence-corrected chi connectivity index (χ0v) is 14.3. The summed E-state index contributed by atoms with van der Waals surface area (Å²) in [7, 11) is 0. The van der Waals surface area contributed by atoms with Gasteiger partial charge in [-0.25, -0.2) is 4.79 Å². The smallest absolute Gasteiger partial charge is 0.331 e. The quantitative estimate of drug-likeness (QED) is 0.617. The predicted octanol–water partition coefficient (Wildman–Crippen LogP) is 3.67. The largest absolute Gasteiger partial charge is 0.494 e. The van der Waals surface area contributed by atoms with Crippen molar-refractivity contribution in [3.05, 3.63) is 66.2 Å². The molecule has 0 spiro atoms. The fraction of sp³-hybridized carbons (Fsp3) is 0.200. The molecule has 2 aromatic carbocycles. The summed E-state index contributed by atoms with van der Waals surface area (Å²) in [6.45, 7) is 4.01. The predicted molar refractivity (Wildman–Crippen MR) is 97.3 cm³/mol. The molecule has 0 saturated carbocycles. The number of nitrogens with one attached hydrogen (secondary N) is 1. The van der Waals surface area contributed by atoms with Crippen molar-refractivity contribution in [1.29, 1.82) is 0 Å². The molecule has 0 aliphatic heterocycles. The molecule has 5 nitrogen and oxygen atoms in total. The Labute approximate surface area is 147 Å². The van der Waals surface area contributed by atoms with E-state index in [9.17, 15) is 9.59 Å². The number of hydrogen-bond donors (Lipinski definition) is 1. The molecule has 2 rings (SSSR count). The molecule has 0 heterocycles. The average molecular weight is 339 g/mol. The maximum absolute atomic E-state index is 12.1. The van der Waals surface area contributed by atoms with Crippen LogP contribution in [-0.2, 0) is 14.3 Å². The van der Waals surface area contributed by atoms with Crippen LogP contribution in [0.15, 0.2) is 60.7 Å². The summed E-state index contributed by atoms with van der Waals surface area (Å²) in [5.74, 6) is -0.241. The van der Waals surface area contributed by atoms with E-state index in [0.717, 1.165) is 11.3 Å². The molecule has 0 saturated heterocycles. The van der Waals surface area contributed by atoms with Crippen LogP contribution in [0, 0.1) is 0 Å². The number of anilines is 1. The van der Waals surface area contributed by atoms with Crippen LogP contribution in [0.25, 0.3) is 6.08 Å². The van der Waals surface area contributed by atoms with Gasteiger partial charge in [-0.15, -0.1) is 0 Å². The summed E-state index contributed by atoms with van der Waals surface area (Å²) in [6.07, 6.45) is 2.04. The van der Waals surface area contributed by atoms with Gasteiger partial charge in [0.1, 0.15) is 5.75 Å². The second-order valence-corrected chi connectivity index (χ2v) is 5.27. The Hall–Kier alpha value is -3.08. The van der Waals surface area contributed by atoms with Crippen LogP contribution < -0.4 is 10.1 Å². The lowest BCUT2D eigenvalue weighted by atomic mass is 10.2. The van der Waals surface area contributed by atoms with Gasteiger partial charge in [0.2, 0.25) is 0 Å². The molecule has 2 aromatic rings. The van der Waals surface area contributed by atoms with E-state index >= 15 is 0 Å². The fourth-order valence-corrected chi connectivity index (χ4v) is 2.04. The SMILES string of the molecule is CCOc1ccc(NC(=O)C(C)OC(=O)C=Cc2ccccc2)cc1. The van der Waals surface area contributed by atoms with Gasteiger partial charge in [0, 0.05) is 11.8 Å². The minimum Gasteiger partial charge on any atom is -0.494 e. The summed E-state index contributed by atoms with van der Waals surface area (Å²) in [4.78, 5) is 23.9. The van der Waals surface area contributed by atoms with Crippen molar-refractivity contribution in [1.82, 2.24) is 0 Å². The first kappa shape index (κ1) is 18.3. The Morgan fingerprint density at radius 2 is 1.76 bits per heavy atom. The van der Waals surface area contributed by atoms with Gasteiger partial charge in [0.05, 0.1) is 6.61 Å². The third kappa shape index (κ3) is 6.14. The molecule has 1 amide bonds. The highest BCUT2D eigenvalue weighted by molar-refractivity contribution is 5.96. The summed E-state index contributed by atoms with van der Waals surface area (Å²) in [6, 6.07) is 16.4. The summed E-state index contributed by atoms with van der Waals surface area (Å²) in [5, 5.41) is 2.69. The van der Waals surface area contributed by atoms with Gasteiger partial charge in [-0.3, -0.25) is 4.79 Å². The normalized spacial score (nSPS) is 11.8. The minimum absolute atomic E-state index is 0.398. The molecule has 0 radical (unpaired) electrons. The number of benzene rings is 2. The molecule has 130 valence electrons. The first-order chi connectivity index (χ1) is 12.1. The third-order valence-corrected chi connectivity index (χ3v) is 3.31. The molecule has 1 N–H and O–H groups in total. The van der Waals surface area contributed by atoms with Crippen molar-refractivity contribution < 1.29 is 19.1 Å². The molecule has 0 bridgehead atoms. The number of amides is 1. The van der Waals surface area contributed by atoms with E-state index in [1.54, 1.807) is 30.3 Å². The number of hydrogen-bond acceptors (Lipinski definition) is 4. The second kappa shape index (κ2) is 9.27. The molecule has 0 aromatic heterocycles. The van der Waals surface area contributed by atoms with Crippen LogP contribution in [-0.4, -0.2) is 24.6 Å². The highest BCUT2D eigenvalue weighted by atomic mass is 16.5. The van der Waals surface area contributed by atoms with Gasteiger partial charge in [-0.1, -0.05) is 30.3 Å². The van der Waals surface area contributed by atoms with Gasteiger partial charge in [0.15, 0.2) is 6.10 Å². The highest BCUT2D eigenvalue weighted by Gasteiger charge is 2.16. The zero-order valence-electron chi connectivity index (χ0n) is 14.3. The fourth-order valence-electron chi connectivity index (χ4n) is 2.04. The lowest BCUT2D eigenvalue weighted by molar-refractivity contribution is -0.148. The van der Waals surface area contributed by atoms with Crippen molar-refractivity contribution >= 4 is 23.6 Å². The van der Waals surface area contributed by atoms with Crippen LogP contribution in [0.1, 0.15) is 19.4 Å². The van der Waals surface area contributed by atoms with Crippen molar-refractivity contribution in [3.63, 3.8) is 0 Å². The van der Waals surface area contributed by atoms with Gasteiger partial charge in [0.25, 0.3) is 5.91 Å². The number of carbonyl (C=O) groups excluding carboxylic acids is 2. The van der Waals surface area contributed by atoms with Crippen LogP contribution >= 0.6 is 0 Å². The summed E-state index contributed by atoms with van der Waals surface area (Å²) < 4.78 is 10.4. The van der Waals surface area contributed by atoms with Gasteiger partial charge in [-0.05, 0) is 49.8 Å². The monoisotopic (exact) mass is 339 g/mol. The first-order valence-electron chi connectivity index (χ1n) is 8.06. The lowest BCUT2D eigenvalue weighted by Gasteiger charge is -2.12. The summed E-state index contributed by atoms with van der Waals surface area (Å²) in [5.41, 5.74) is 1.49. The standard InChI is InChI=1S/C20H21NO4/c1-3-24-18-12-10-17(11-13-18)21-20(23)15(2)25-19(22)14-9-16-7-5-4-6-8-16/h4-15H,3H2,1-2H3,(H,21,23). The van der Waals surface area contributed by atoms with E-state index in [1.165, 1.54) is 13.0 Å². The maximum Gasteiger partial charge on any atom is 0.331 e. The lowest BCUT2D eigenvalue weighted by Crippen LogP contribution is -2.29. The van der Waals surface area contributed by atoms with Crippen LogP contribution in [0.4, 0.5) is 5.69 Å². The highest BCUT2D eigenvalue weighted by Crippen LogP contribution is 2.16. The number of carbonyl (C=O) groups is 2. The Kier molecular flexibility index (Phi) is 6.77. The summed E-state index contributed by atoms with van der Waals surface area (Å²) >= 11 is 0. The van der Waals surface area contributed by atoms with Gasteiger partial charge >= 0.3 is 5.97 Å². The van der Waals surface area contributed by atoms with E-state index in [1.807, 2.05) is 37.3 Å². The minimum atomic E-state index is -0.903. The van der Waals surface area contributed by atoms with Crippen molar-refractivity contribution in [2.24, 2.45) is 0 Å². The van der Waals surface area contributed by atoms with Crippen molar-refractivity contribution in [2.45, 2.75) is 20.0 Å². The molecule has 1 unspecified atom stereocenters. The molecular weight excluding hydrogens is 318 g/mol. The van der Waals surface area contributed by atoms with E-state index < -0.39 is 18.0 Å². The maximum atomic E-state index is 12.1. The zero-order chi connectivity index (χ0) is 18.1. The first-order valence-corrected chi connectivity index (χ1v) is 8.06. The van der Waals surface area contributed by atoms with Gasteiger partial charge < -0.3 is 14.8 Å². The molecule has 0 aliphatic carbocycles. The Bertz CT molecular complexity index is 723. The molecule has 0 aliphatic rings. The average Bonchev–Trinajstić information content (AvgIpc) is 2.62. The van der Waals surface area contributed by atoms with Crippen LogP contribution in [0.3, 0.4) is 0 Å². The number of ether oxygens (including phenoxy) is 2. The Balaban J connectivity index is 1.84. The Morgan fingerprint density at radius 3 is 2.40 bits per heavy atom. The van der Waals surface area contributed by atoms with Crippen molar-refractivity contribution in [2.75, 3.05) is 11.9 Å². The Morgan fingerprint density at radius 1 is 1.08 bits per heavy atom. The van der Waals surface area contributed by atoms with E-state index in [-0.39, 0.29) is 0 Å². The topological polar surface area (TPSA) is 64.6 Å². The molecule has 25 heavy (non-hydrogen) atoms. The van der Waals surface area contributed by atoms with E-state index in [0.29, 0.717) is 12.3 Å². The molecule has 1 atom stereocenters. The van der Waals surface area contributed by atoms with Crippen LogP contribution in [0.5, 0.6) is 5.75 Å². The molecule has 0 fully saturated rings. The van der Waals surface area contributed by atoms with E-state index in [4.69, 9.17) is 9.47 Å². The molecular formula is C20H21NO4. The van der Waals surface area contributed by atoms with Crippen LogP contribution in [0.2, 0.25) is 0 Å². The van der Waals surface area contributed by atoms with Crippen molar-refractivity contribution in [3.8, 4) is 5.75 Å². The second-order valence-electron chi connectivity index (χ2n) is 5.27. The third-order valence-electron chi connectivity index (χ3n) is 3.31.